The van der Waals surface area contributed by atoms with Crippen molar-refractivity contribution in [2.24, 2.45) is 5.16 Å². The summed E-state index contributed by atoms with van der Waals surface area (Å²) in [7, 11) is 0. The first-order valence-electron chi connectivity index (χ1n) is 7.91. The summed E-state index contributed by atoms with van der Waals surface area (Å²) in [5.74, 6) is 1.08. The van der Waals surface area contributed by atoms with Crippen molar-refractivity contribution in [1.29, 1.82) is 0 Å². The Morgan fingerprint density at radius 1 is 1.31 bits per heavy atom. The molecule has 0 fully saturated rings. The van der Waals surface area contributed by atoms with E-state index < -0.39 is 0 Å². The maximum atomic E-state index is 5.90. The van der Waals surface area contributed by atoms with Crippen LogP contribution in [0.5, 0.6) is 0 Å². The van der Waals surface area contributed by atoms with Crippen molar-refractivity contribution in [2.75, 3.05) is 5.73 Å². The molecule has 0 aliphatic carbocycles. The molecule has 0 saturated heterocycles. The third-order valence-corrected chi connectivity index (χ3v) is 4.14. The van der Waals surface area contributed by atoms with Gasteiger partial charge in [0.05, 0.1) is 18.5 Å². The molecule has 9 heteroatoms. The lowest BCUT2D eigenvalue weighted by molar-refractivity contribution is 0.127. The monoisotopic (exact) mass is 415 g/mol. The number of hydrogen-bond donors (Lipinski definition) is 1. The van der Waals surface area contributed by atoms with Crippen molar-refractivity contribution in [1.82, 2.24) is 25.0 Å². The molecular weight excluding hydrogens is 398 g/mol. The summed E-state index contributed by atoms with van der Waals surface area (Å²) in [6.07, 6.45) is 3.48. The number of nitrogens with two attached hydrogens (primary N) is 1. The number of halogens is 1. The molecule has 2 aromatic heterocycles. The van der Waals surface area contributed by atoms with E-state index in [2.05, 4.69) is 41.4 Å². The van der Waals surface area contributed by atoms with Gasteiger partial charge in [-0.25, -0.2) is 14.6 Å². The molecule has 1 aromatic carbocycles. The van der Waals surface area contributed by atoms with Crippen LogP contribution in [0.25, 0.3) is 0 Å². The smallest absolute Gasteiger partial charge is 0.162 e. The third-order valence-electron chi connectivity index (χ3n) is 3.61. The fourth-order valence-corrected chi connectivity index (χ4v) is 2.49. The van der Waals surface area contributed by atoms with Crippen LogP contribution in [0.1, 0.15) is 29.6 Å². The molecule has 0 aliphatic rings. The van der Waals surface area contributed by atoms with E-state index in [0.717, 1.165) is 21.3 Å². The lowest BCUT2D eigenvalue weighted by Crippen LogP contribution is -2.07. The Hall–Kier alpha value is -2.81. The number of nitrogen functional groups attached to an aromatic ring is 1. The van der Waals surface area contributed by atoms with E-state index >= 15 is 0 Å². The number of rotatable bonds is 6. The van der Waals surface area contributed by atoms with Gasteiger partial charge >= 0.3 is 0 Å². The molecule has 26 heavy (non-hydrogen) atoms. The molecule has 0 aliphatic heterocycles. The van der Waals surface area contributed by atoms with Crippen molar-refractivity contribution in [2.45, 2.75) is 27.0 Å². The van der Waals surface area contributed by atoms with Gasteiger partial charge in [0.15, 0.2) is 6.61 Å². The molecule has 8 nitrogen and oxygen atoms in total. The Morgan fingerprint density at radius 2 is 2.08 bits per heavy atom. The van der Waals surface area contributed by atoms with Gasteiger partial charge in [-0.1, -0.05) is 38.4 Å². The molecule has 3 aromatic rings. The third kappa shape index (κ3) is 4.63. The fourth-order valence-electron chi connectivity index (χ4n) is 2.23. The van der Waals surface area contributed by atoms with Gasteiger partial charge in [-0.15, -0.1) is 5.10 Å². The van der Waals surface area contributed by atoms with E-state index in [1.165, 1.54) is 0 Å². The quantitative estimate of drug-likeness (QED) is 0.490. The molecule has 0 unspecified atom stereocenters. The van der Waals surface area contributed by atoms with Crippen LogP contribution in [0.3, 0.4) is 0 Å². The van der Waals surface area contributed by atoms with Gasteiger partial charge in [0.25, 0.3) is 0 Å². The lowest BCUT2D eigenvalue weighted by Gasteiger charge is -2.04. The number of benzene rings is 1. The molecule has 0 saturated carbocycles. The Morgan fingerprint density at radius 3 is 2.81 bits per heavy atom. The molecular formula is C17H18BrN7O. The highest BCUT2D eigenvalue weighted by molar-refractivity contribution is 9.10. The van der Waals surface area contributed by atoms with Crippen LogP contribution >= 0.6 is 15.9 Å². The van der Waals surface area contributed by atoms with E-state index in [9.17, 15) is 0 Å². The second-order valence-electron chi connectivity index (χ2n) is 5.69. The van der Waals surface area contributed by atoms with Gasteiger partial charge in [-0.2, -0.15) is 0 Å². The van der Waals surface area contributed by atoms with E-state index in [-0.39, 0.29) is 6.61 Å². The second-order valence-corrected chi connectivity index (χ2v) is 6.61. The minimum absolute atomic E-state index is 0.230. The second kappa shape index (κ2) is 8.05. The van der Waals surface area contributed by atoms with Crippen LogP contribution in [0.15, 0.2) is 46.3 Å². The average molecular weight is 416 g/mol. The first-order chi connectivity index (χ1) is 12.5. The maximum absolute atomic E-state index is 5.90. The highest BCUT2D eigenvalue weighted by Gasteiger charge is 2.07. The van der Waals surface area contributed by atoms with Crippen molar-refractivity contribution in [3.63, 3.8) is 0 Å². The van der Waals surface area contributed by atoms with Crippen molar-refractivity contribution >= 4 is 27.5 Å². The number of nitrogens with zero attached hydrogens (tertiary/aromatic N) is 6. The summed E-state index contributed by atoms with van der Waals surface area (Å²) >= 11 is 3.41. The predicted octanol–water partition coefficient (Wildman–Crippen LogP) is 2.71. The zero-order valence-corrected chi connectivity index (χ0v) is 16.0. The molecule has 0 amide bonds. The van der Waals surface area contributed by atoms with Gasteiger partial charge in [0.1, 0.15) is 17.3 Å². The summed E-state index contributed by atoms with van der Waals surface area (Å²) in [4.78, 5) is 13.7. The molecule has 0 bridgehead atoms. The van der Waals surface area contributed by atoms with E-state index in [1.54, 1.807) is 24.0 Å². The SMILES string of the molecule is C/C(=N\OCc1cn(Cc2cnc(C)nc2N)nn1)c1ccc(Br)cc1. The number of aryl methyl sites for hydroxylation is 1. The van der Waals surface area contributed by atoms with Crippen molar-refractivity contribution in [3.05, 3.63) is 63.8 Å². The Bertz CT molecular complexity index is 921. The zero-order chi connectivity index (χ0) is 18.5. The highest BCUT2D eigenvalue weighted by atomic mass is 79.9. The van der Waals surface area contributed by atoms with Crippen molar-refractivity contribution < 1.29 is 4.84 Å². The van der Waals surface area contributed by atoms with Gasteiger partial charge in [0, 0.05) is 16.2 Å². The normalized spacial score (nSPS) is 11.6. The first-order valence-corrected chi connectivity index (χ1v) is 8.70. The van der Waals surface area contributed by atoms with E-state index in [4.69, 9.17) is 10.6 Å². The van der Waals surface area contributed by atoms with Crippen LogP contribution in [0, 0.1) is 6.92 Å². The van der Waals surface area contributed by atoms with Crippen LogP contribution in [0.2, 0.25) is 0 Å². The largest absolute Gasteiger partial charge is 0.389 e. The first kappa shape index (κ1) is 18.0. The predicted molar refractivity (Wildman–Crippen MR) is 101 cm³/mol. The van der Waals surface area contributed by atoms with E-state index in [0.29, 0.717) is 23.9 Å². The summed E-state index contributed by atoms with van der Waals surface area (Å²) < 4.78 is 2.68. The summed E-state index contributed by atoms with van der Waals surface area (Å²) in [6, 6.07) is 7.86. The van der Waals surface area contributed by atoms with Gasteiger partial charge in [-0.05, 0) is 31.5 Å². The summed E-state index contributed by atoms with van der Waals surface area (Å²) in [5.41, 5.74) is 9.13. The minimum atomic E-state index is 0.230. The van der Waals surface area contributed by atoms with Gasteiger partial charge in [0.2, 0.25) is 0 Å². The van der Waals surface area contributed by atoms with Crippen LogP contribution in [-0.4, -0.2) is 30.7 Å². The number of aromatic nitrogens is 5. The van der Waals surface area contributed by atoms with Crippen LogP contribution in [-0.2, 0) is 18.0 Å². The lowest BCUT2D eigenvalue weighted by atomic mass is 10.1. The molecule has 3 rings (SSSR count). The fraction of sp³-hybridized carbons (Fsp3) is 0.235. The number of hydrogen-bond acceptors (Lipinski definition) is 7. The Balaban J connectivity index is 1.58. The van der Waals surface area contributed by atoms with Crippen LogP contribution in [0.4, 0.5) is 5.82 Å². The zero-order valence-electron chi connectivity index (χ0n) is 14.4. The number of oxime groups is 1. The maximum Gasteiger partial charge on any atom is 0.162 e. The topological polar surface area (TPSA) is 104 Å². The molecule has 134 valence electrons. The molecule has 0 atom stereocenters. The highest BCUT2D eigenvalue weighted by Crippen LogP contribution is 2.12. The molecule has 2 heterocycles. The van der Waals surface area contributed by atoms with Crippen LogP contribution < -0.4 is 5.73 Å². The summed E-state index contributed by atoms with van der Waals surface area (Å²) in [5, 5.41) is 12.3. The number of anilines is 1. The minimum Gasteiger partial charge on any atom is -0.389 e. The average Bonchev–Trinajstić information content (AvgIpc) is 3.05. The molecule has 0 spiro atoms. The van der Waals surface area contributed by atoms with Gasteiger partial charge in [-0.3, -0.25) is 0 Å². The molecule has 0 radical (unpaired) electrons. The summed E-state index contributed by atoms with van der Waals surface area (Å²) in [6.45, 7) is 4.36. The Labute approximate surface area is 159 Å². The van der Waals surface area contributed by atoms with Gasteiger partial charge < -0.3 is 10.6 Å². The Kier molecular flexibility index (Phi) is 5.57. The van der Waals surface area contributed by atoms with E-state index in [1.807, 2.05) is 31.2 Å². The standard InChI is InChI=1S/C17H18BrN7O/c1-11(13-3-5-15(18)6-4-13)23-26-10-16-9-25(24-22-16)8-14-7-20-12(2)21-17(14)19/h3-7,9H,8,10H2,1-2H3,(H2,19,20,21)/b23-11+. The van der Waals surface area contributed by atoms with Crippen molar-refractivity contribution in [3.8, 4) is 0 Å². The molecule has 2 N–H and O–H groups in total.